The van der Waals surface area contributed by atoms with Crippen molar-refractivity contribution in [2.75, 3.05) is 13.1 Å². The van der Waals surface area contributed by atoms with Crippen molar-refractivity contribution in [2.24, 2.45) is 11.7 Å². The standard InChI is InChI=1S/C12H24N2O2/c1-12(2,3)16-11(15)10(13)8-9-4-6-14-7-5-9/h9-10,14H,4-8,13H2,1-3H3/p+1/t10-/m0/s1. The molecule has 0 aliphatic carbocycles. The van der Waals surface area contributed by atoms with Crippen LogP contribution in [-0.4, -0.2) is 30.7 Å². The van der Waals surface area contributed by atoms with Crippen LogP contribution in [0.5, 0.6) is 0 Å². The number of hydrogen-bond acceptors (Lipinski definition) is 3. The molecule has 1 aliphatic rings. The van der Waals surface area contributed by atoms with Crippen molar-refractivity contribution in [3.8, 4) is 0 Å². The number of carbonyl (C=O) groups is 1. The molecule has 0 unspecified atom stereocenters. The van der Waals surface area contributed by atoms with Gasteiger partial charge in [-0.15, -0.1) is 0 Å². The first-order valence-electron chi connectivity index (χ1n) is 6.18. The zero-order valence-electron chi connectivity index (χ0n) is 10.7. The molecule has 0 amide bonds. The molecule has 4 N–H and O–H groups in total. The zero-order valence-corrected chi connectivity index (χ0v) is 10.7. The number of quaternary nitrogens is 1. The highest BCUT2D eigenvalue weighted by atomic mass is 16.6. The molecule has 4 nitrogen and oxygen atoms in total. The van der Waals surface area contributed by atoms with Gasteiger partial charge in [0, 0.05) is 0 Å². The molecule has 1 atom stereocenters. The lowest BCUT2D eigenvalue weighted by molar-refractivity contribution is -0.664. The summed E-state index contributed by atoms with van der Waals surface area (Å²) in [5, 5.41) is 2.31. The number of piperidine rings is 1. The molecule has 1 heterocycles. The van der Waals surface area contributed by atoms with Crippen LogP contribution in [0.25, 0.3) is 0 Å². The van der Waals surface area contributed by atoms with Crippen LogP contribution in [-0.2, 0) is 9.53 Å². The molecule has 4 heteroatoms. The topological polar surface area (TPSA) is 68.9 Å². The maximum absolute atomic E-state index is 11.7. The monoisotopic (exact) mass is 229 g/mol. The normalized spacial score (nSPS) is 20.5. The summed E-state index contributed by atoms with van der Waals surface area (Å²) in [5.41, 5.74) is 5.44. The molecule has 1 saturated heterocycles. The second kappa shape index (κ2) is 5.64. The summed E-state index contributed by atoms with van der Waals surface area (Å²) in [7, 11) is 0. The smallest absolute Gasteiger partial charge is 0.323 e. The van der Waals surface area contributed by atoms with Crippen molar-refractivity contribution in [1.29, 1.82) is 0 Å². The highest BCUT2D eigenvalue weighted by molar-refractivity contribution is 5.75. The first-order chi connectivity index (χ1) is 7.38. The Morgan fingerprint density at radius 2 is 2.00 bits per heavy atom. The second-order valence-corrected chi connectivity index (χ2v) is 5.69. The van der Waals surface area contributed by atoms with Gasteiger partial charge in [0.05, 0.1) is 13.1 Å². The van der Waals surface area contributed by atoms with Crippen LogP contribution in [0.15, 0.2) is 0 Å². The Morgan fingerprint density at radius 3 is 2.50 bits per heavy atom. The van der Waals surface area contributed by atoms with Gasteiger partial charge in [0.15, 0.2) is 0 Å². The van der Waals surface area contributed by atoms with E-state index in [0.29, 0.717) is 5.92 Å². The summed E-state index contributed by atoms with van der Waals surface area (Å²) in [5.74, 6) is 0.328. The van der Waals surface area contributed by atoms with Gasteiger partial charge < -0.3 is 15.8 Å². The lowest BCUT2D eigenvalue weighted by Crippen LogP contribution is -2.86. The van der Waals surface area contributed by atoms with Crippen LogP contribution < -0.4 is 11.1 Å². The fourth-order valence-corrected chi connectivity index (χ4v) is 2.06. The molecule has 0 spiro atoms. The average molecular weight is 229 g/mol. The molecule has 16 heavy (non-hydrogen) atoms. The predicted molar refractivity (Wildman–Crippen MR) is 62.8 cm³/mol. The summed E-state index contributed by atoms with van der Waals surface area (Å²) in [4.78, 5) is 11.7. The van der Waals surface area contributed by atoms with Crippen LogP contribution in [0, 0.1) is 5.92 Å². The molecule has 0 saturated carbocycles. The minimum atomic E-state index is -0.456. The van der Waals surface area contributed by atoms with E-state index in [9.17, 15) is 4.79 Å². The van der Waals surface area contributed by atoms with E-state index in [1.165, 1.54) is 0 Å². The van der Waals surface area contributed by atoms with E-state index in [-0.39, 0.29) is 5.97 Å². The van der Waals surface area contributed by atoms with Crippen LogP contribution in [0.4, 0.5) is 0 Å². The van der Waals surface area contributed by atoms with Crippen molar-refractivity contribution in [2.45, 2.75) is 51.7 Å². The van der Waals surface area contributed by atoms with Gasteiger partial charge in [-0.25, -0.2) is 0 Å². The third-order valence-corrected chi connectivity index (χ3v) is 2.85. The Kier molecular flexibility index (Phi) is 4.74. The Balaban J connectivity index is 2.33. The van der Waals surface area contributed by atoms with E-state index in [0.717, 1.165) is 32.4 Å². The molecule has 1 aliphatic heterocycles. The number of rotatable bonds is 3. The molecule has 1 rings (SSSR count). The van der Waals surface area contributed by atoms with Crippen LogP contribution in [0.3, 0.4) is 0 Å². The highest BCUT2D eigenvalue weighted by Gasteiger charge is 2.26. The third-order valence-electron chi connectivity index (χ3n) is 2.85. The fourth-order valence-electron chi connectivity index (χ4n) is 2.06. The van der Waals surface area contributed by atoms with Crippen molar-refractivity contribution in [3.05, 3.63) is 0 Å². The van der Waals surface area contributed by atoms with Crippen molar-refractivity contribution >= 4 is 5.97 Å². The maximum Gasteiger partial charge on any atom is 0.323 e. The molecule has 1 fully saturated rings. The first kappa shape index (κ1) is 13.5. The summed E-state index contributed by atoms with van der Waals surface area (Å²) in [6, 6.07) is -0.456. The molecule has 0 radical (unpaired) electrons. The molecule has 0 aromatic carbocycles. The lowest BCUT2D eigenvalue weighted by Gasteiger charge is -2.25. The molecule has 0 aromatic heterocycles. The summed E-state index contributed by atoms with van der Waals surface area (Å²) in [6.45, 7) is 7.92. The van der Waals surface area contributed by atoms with Gasteiger partial charge in [-0.05, 0) is 46.0 Å². The minimum Gasteiger partial charge on any atom is -0.459 e. The Bertz CT molecular complexity index is 230. The number of carbonyl (C=O) groups excluding carboxylic acids is 1. The van der Waals surface area contributed by atoms with Gasteiger partial charge in [0.1, 0.15) is 11.6 Å². The maximum atomic E-state index is 11.7. The molecular formula is C12H25N2O2+. The zero-order chi connectivity index (χ0) is 12.2. The van der Waals surface area contributed by atoms with Crippen molar-refractivity contribution < 1.29 is 14.8 Å². The molecule has 94 valence electrons. The van der Waals surface area contributed by atoms with E-state index < -0.39 is 11.6 Å². The van der Waals surface area contributed by atoms with Gasteiger partial charge in [-0.2, -0.15) is 0 Å². The molecular weight excluding hydrogens is 204 g/mol. The van der Waals surface area contributed by atoms with Crippen molar-refractivity contribution in [1.82, 2.24) is 0 Å². The fraction of sp³-hybridized carbons (Fsp3) is 0.917. The second-order valence-electron chi connectivity index (χ2n) is 5.69. The van der Waals surface area contributed by atoms with E-state index in [1.807, 2.05) is 20.8 Å². The van der Waals surface area contributed by atoms with E-state index in [2.05, 4.69) is 5.32 Å². The van der Waals surface area contributed by atoms with Gasteiger partial charge in [-0.1, -0.05) is 0 Å². The molecule has 0 bridgehead atoms. The Hall–Kier alpha value is -0.610. The number of ether oxygens (including phenoxy) is 1. The lowest BCUT2D eigenvalue weighted by atomic mass is 9.91. The minimum absolute atomic E-state index is 0.262. The number of hydrogen-bond donors (Lipinski definition) is 2. The quantitative estimate of drug-likeness (QED) is 0.670. The predicted octanol–water partition coefficient (Wildman–Crippen LogP) is 0.0189. The highest BCUT2D eigenvalue weighted by Crippen LogP contribution is 2.17. The summed E-state index contributed by atoms with van der Waals surface area (Å²) >= 11 is 0. The van der Waals surface area contributed by atoms with E-state index in [1.54, 1.807) is 0 Å². The summed E-state index contributed by atoms with van der Waals surface area (Å²) < 4.78 is 5.27. The van der Waals surface area contributed by atoms with Crippen LogP contribution >= 0.6 is 0 Å². The number of esters is 1. The van der Waals surface area contributed by atoms with Crippen LogP contribution in [0.2, 0.25) is 0 Å². The average Bonchev–Trinajstić information content (AvgIpc) is 2.16. The van der Waals surface area contributed by atoms with E-state index >= 15 is 0 Å². The van der Waals surface area contributed by atoms with Crippen LogP contribution in [0.1, 0.15) is 40.0 Å². The van der Waals surface area contributed by atoms with Gasteiger partial charge >= 0.3 is 5.97 Å². The Morgan fingerprint density at radius 1 is 1.44 bits per heavy atom. The SMILES string of the molecule is CC(C)(C)OC(=O)[C@@H](N)CC1CC[NH2+]CC1. The molecule has 0 aromatic rings. The van der Waals surface area contributed by atoms with Crippen molar-refractivity contribution in [3.63, 3.8) is 0 Å². The van der Waals surface area contributed by atoms with Gasteiger partial charge in [-0.3, -0.25) is 4.79 Å². The van der Waals surface area contributed by atoms with Gasteiger partial charge in [0.25, 0.3) is 0 Å². The number of nitrogens with two attached hydrogens (primary N) is 2. The first-order valence-corrected chi connectivity index (χ1v) is 6.18. The largest absolute Gasteiger partial charge is 0.459 e. The van der Waals surface area contributed by atoms with Gasteiger partial charge in [0.2, 0.25) is 0 Å². The third kappa shape index (κ3) is 4.94. The summed E-state index contributed by atoms with van der Waals surface area (Å²) in [6.07, 6.45) is 3.09. The Labute approximate surface area is 97.9 Å². The van der Waals surface area contributed by atoms with E-state index in [4.69, 9.17) is 10.5 Å².